The highest BCUT2D eigenvalue weighted by Gasteiger charge is 2.18. The summed E-state index contributed by atoms with van der Waals surface area (Å²) in [4.78, 5) is 8.83. The lowest BCUT2D eigenvalue weighted by atomic mass is 10.1. The molecule has 0 aliphatic heterocycles. The smallest absolute Gasteiger partial charge is 0.138 e. The molecule has 0 unspecified atom stereocenters. The summed E-state index contributed by atoms with van der Waals surface area (Å²) in [7, 11) is 0. The normalized spacial score (nSPS) is 12.1. The monoisotopic (exact) mass is 373 g/mol. The van der Waals surface area contributed by atoms with Crippen LogP contribution in [0.1, 0.15) is 13.8 Å². The van der Waals surface area contributed by atoms with Crippen molar-refractivity contribution in [2.45, 2.75) is 33.0 Å². The lowest BCUT2D eigenvalue weighted by Crippen LogP contribution is -2.19. The zero-order valence-corrected chi connectivity index (χ0v) is 16.1. The van der Waals surface area contributed by atoms with E-state index in [1.807, 2.05) is 47.5 Å². The van der Waals surface area contributed by atoms with Gasteiger partial charge in [-0.1, -0.05) is 30.3 Å². The van der Waals surface area contributed by atoms with Crippen LogP contribution in [0.25, 0.3) is 22.5 Å². The van der Waals surface area contributed by atoms with E-state index >= 15 is 0 Å². The van der Waals surface area contributed by atoms with Crippen LogP contribution in [-0.2, 0) is 13.1 Å². The Morgan fingerprint density at radius 3 is 2.61 bits per heavy atom. The van der Waals surface area contributed by atoms with Gasteiger partial charge in [-0.15, -0.1) is 0 Å². The molecule has 0 N–H and O–H groups in total. The Hall–Kier alpha value is -3.41. The molecule has 0 saturated heterocycles. The fourth-order valence-electron chi connectivity index (χ4n) is 3.25. The summed E-state index contributed by atoms with van der Waals surface area (Å²) in [5.41, 5.74) is 4.13. The summed E-state index contributed by atoms with van der Waals surface area (Å²) in [5.74, 6) is 0.763. The second kappa shape index (κ2) is 8.08. The lowest BCUT2D eigenvalue weighted by molar-refractivity contribution is 0.199. The van der Waals surface area contributed by atoms with Gasteiger partial charge in [0, 0.05) is 30.1 Å². The maximum atomic E-state index is 6.02. The minimum absolute atomic E-state index is 0.0398. The van der Waals surface area contributed by atoms with E-state index in [0.717, 1.165) is 34.8 Å². The summed E-state index contributed by atoms with van der Waals surface area (Å²) in [6, 6.07) is 14.0. The third-order valence-electron chi connectivity index (χ3n) is 4.54. The van der Waals surface area contributed by atoms with E-state index in [0.29, 0.717) is 6.54 Å². The van der Waals surface area contributed by atoms with Crippen LogP contribution in [0.5, 0.6) is 5.75 Å². The molecule has 6 nitrogen and oxygen atoms in total. The number of imidazole rings is 1. The standard InChI is InChI=1S/C22H23N5O/c1-3-27-15-19(12-25-27)22-21(18-8-5-4-6-9-18)24-16-26(22)14-17(2)28-20-10-7-11-23-13-20/h4-13,15-17H,3,14H2,1-2H3/t17-/m0/s1. The number of pyridine rings is 1. The molecule has 0 aliphatic carbocycles. The molecule has 0 aliphatic rings. The molecular weight excluding hydrogens is 350 g/mol. The van der Waals surface area contributed by atoms with E-state index in [1.165, 1.54) is 0 Å². The molecule has 4 rings (SSSR count). The molecule has 28 heavy (non-hydrogen) atoms. The van der Waals surface area contributed by atoms with Gasteiger partial charge in [0.15, 0.2) is 0 Å². The quantitative estimate of drug-likeness (QED) is 0.485. The molecule has 3 aromatic heterocycles. The molecule has 0 bridgehead atoms. The second-order valence-electron chi connectivity index (χ2n) is 6.66. The summed E-state index contributed by atoms with van der Waals surface area (Å²) < 4.78 is 10.1. The molecule has 6 heteroatoms. The van der Waals surface area contributed by atoms with Crippen molar-refractivity contribution in [2.24, 2.45) is 0 Å². The molecule has 1 aromatic carbocycles. The van der Waals surface area contributed by atoms with Crippen LogP contribution < -0.4 is 4.74 Å². The van der Waals surface area contributed by atoms with Crippen LogP contribution in [0.4, 0.5) is 0 Å². The first-order valence-corrected chi connectivity index (χ1v) is 9.44. The van der Waals surface area contributed by atoms with Crippen LogP contribution in [0.3, 0.4) is 0 Å². The fraction of sp³-hybridized carbons (Fsp3) is 0.227. The number of nitrogens with zero attached hydrogens (tertiary/aromatic N) is 5. The van der Waals surface area contributed by atoms with Gasteiger partial charge in [-0.3, -0.25) is 9.67 Å². The van der Waals surface area contributed by atoms with Crippen molar-refractivity contribution in [2.75, 3.05) is 0 Å². The lowest BCUT2D eigenvalue weighted by Gasteiger charge is -2.17. The minimum Gasteiger partial charge on any atom is -0.487 e. The zero-order chi connectivity index (χ0) is 19.3. The molecule has 0 spiro atoms. The van der Waals surface area contributed by atoms with Gasteiger partial charge in [0.05, 0.1) is 36.7 Å². The Balaban J connectivity index is 1.68. The average molecular weight is 373 g/mol. The SMILES string of the molecule is CCn1cc(-c2c(-c3ccccc3)ncn2C[C@H](C)Oc2cccnc2)cn1. The maximum Gasteiger partial charge on any atom is 0.138 e. The molecule has 0 amide bonds. The molecule has 0 radical (unpaired) electrons. The third kappa shape index (κ3) is 3.81. The molecule has 0 saturated carbocycles. The van der Waals surface area contributed by atoms with E-state index in [4.69, 9.17) is 9.72 Å². The highest BCUT2D eigenvalue weighted by Crippen LogP contribution is 2.31. The number of rotatable bonds is 7. The summed E-state index contributed by atoms with van der Waals surface area (Å²) in [5, 5.41) is 4.45. The van der Waals surface area contributed by atoms with Gasteiger partial charge in [0.1, 0.15) is 11.9 Å². The predicted octanol–water partition coefficient (Wildman–Crippen LogP) is 4.30. The van der Waals surface area contributed by atoms with Crippen LogP contribution in [-0.4, -0.2) is 30.4 Å². The van der Waals surface area contributed by atoms with Crippen LogP contribution in [0, 0.1) is 0 Å². The maximum absolute atomic E-state index is 6.02. The zero-order valence-electron chi connectivity index (χ0n) is 16.1. The van der Waals surface area contributed by atoms with Crippen molar-refractivity contribution in [3.05, 3.63) is 73.6 Å². The predicted molar refractivity (Wildman–Crippen MR) is 109 cm³/mol. The second-order valence-corrected chi connectivity index (χ2v) is 6.66. The van der Waals surface area contributed by atoms with E-state index in [2.05, 4.69) is 46.8 Å². The van der Waals surface area contributed by atoms with E-state index < -0.39 is 0 Å². The first-order chi connectivity index (χ1) is 13.7. The van der Waals surface area contributed by atoms with Gasteiger partial charge in [0.25, 0.3) is 0 Å². The summed E-state index contributed by atoms with van der Waals surface area (Å²) in [6.45, 7) is 5.63. The van der Waals surface area contributed by atoms with Gasteiger partial charge in [-0.2, -0.15) is 5.10 Å². The Kier molecular flexibility index (Phi) is 5.19. The van der Waals surface area contributed by atoms with Gasteiger partial charge < -0.3 is 9.30 Å². The van der Waals surface area contributed by atoms with Crippen molar-refractivity contribution in [1.29, 1.82) is 0 Å². The van der Waals surface area contributed by atoms with Crippen molar-refractivity contribution in [3.63, 3.8) is 0 Å². The Labute approximate surface area is 164 Å². The van der Waals surface area contributed by atoms with Crippen LogP contribution in [0.2, 0.25) is 0 Å². The van der Waals surface area contributed by atoms with E-state index in [1.54, 1.807) is 12.4 Å². The van der Waals surface area contributed by atoms with Gasteiger partial charge >= 0.3 is 0 Å². The van der Waals surface area contributed by atoms with Gasteiger partial charge in [-0.05, 0) is 26.0 Å². The Morgan fingerprint density at radius 1 is 1.04 bits per heavy atom. The number of benzene rings is 1. The van der Waals surface area contributed by atoms with E-state index in [9.17, 15) is 0 Å². The average Bonchev–Trinajstić information content (AvgIpc) is 3.36. The largest absolute Gasteiger partial charge is 0.487 e. The molecule has 4 aromatic rings. The molecule has 142 valence electrons. The first-order valence-electron chi connectivity index (χ1n) is 9.44. The highest BCUT2D eigenvalue weighted by molar-refractivity contribution is 5.78. The number of aromatic nitrogens is 5. The van der Waals surface area contributed by atoms with Crippen LogP contribution in [0.15, 0.2) is 73.6 Å². The summed E-state index contributed by atoms with van der Waals surface area (Å²) >= 11 is 0. The van der Waals surface area contributed by atoms with Crippen molar-refractivity contribution in [1.82, 2.24) is 24.3 Å². The molecule has 3 heterocycles. The molecular formula is C22H23N5O. The Morgan fingerprint density at radius 2 is 1.89 bits per heavy atom. The number of hydrogen-bond acceptors (Lipinski definition) is 4. The third-order valence-corrected chi connectivity index (χ3v) is 4.54. The minimum atomic E-state index is -0.0398. The Bertz CT molecular complexity index is 1020. The molecule has 0 fully saturated rings. The van der Waals surface area contributed by atoms with Crippen molar-refractivity contribution < 1.29 is 4.74 Å². The summed E-state index contributed by atoms with van der Waals surface area (Å²) in [6.07, 6.45) is 9.27. The number of hydrogen-bond donors (Lipinski definition) is 0. The molecule has 1 atom stereocenters. The highest BCUT2D eigenvalue weighted by atomic mass is 16.5. The van der Waals surface area contributed by atoms with Crippen molar-refractivity contribution >= 4 is 0 Å². The number of ether oxygens (including phenoxy) is 1. The van der Waals surface area contributed by atoms with Gasteiger partial charge in [-0.25, -0.2) is 4.98 Å². The van der Waals surface area contributed by atoms with Crippen molar-refractivity contribution in [3.8, 4) is 28.3 Å². The van der Waals surface area contributed by atoms with Gasteiger partial charge in [0.2, 0.25) is 0 Å². The van der Waals surface area contributed by atoms with Crippen LogP contribution >= 0.6 is 0 Å². The fourth-order valence-corrected chi connectivity index (χ4v) is 3.25. The topological polar surface area (TPSA) is 57.8 Å². The first kappa shape index (κ1) is 18.0. The van der Waals surface area contributed by atoms with E-state index in [-0.39, 0.29) is 6.10 Å². The number of aryl methyl sites for hydroxylation is 1.